The van der Waals surface area contributed by atoms with Gasteiger partial charge in [-0.2, -0.15) is 0 Å². The molecule has 29 heavy (non-hydrogen) atoms. The maximum absolute atomic E-state index is 12.9. The molecule has 1 heterocycles. The van der Waals surface area contributed by atoms with Crippen molar-refractivity contribution in [2.45, 2.75) is 38.0 Å². The molecule has 4 rings (SSSR count). The molecular formula is C22H22N2O5. The van der Waals surface area contributed by atoms with E-state index in [-0.39, 0.29) is 24.4 Å². The number of hydrogen-bond acceptors (Lipinski definition) is 5. The first-order valence-electron chi connectivity index (χ1n) is 9.62. The Bertz CT molecular complexity index is 926. The van der Waals surface area contributed by atoms with Gasteiger partial charge < -0.3 is 19.7 Å². The number of amides is 2. The fraction of sp³-hybridized carbons (Fsp3) is 0.318. The van der Waals surface area contributed by atoms with Crippen LogP contribution in [0.15, 0.2) is 54.6 Å². The quantitative estimate of drug-likeness (QED) is 0.787. The Hall–Kier alpha value is -3.35. The van der Waals surface area contributed by atoms with E-state index in [1.165, 1.54) is 11.8 Å². The topological polar surface area (TPSA) is 84.9 Å². The summed E-state index contributed by atoms with van der Waals surface area (Å²) in [6, 6.07) is 16.0. The van der Waals surface area contributed by atoms with Gasteiger partial charge >= 0.3 is 5.97 Å². The molecule has 0 radical (unpaired) electrons. The van der Waals surface area contributed by atoms with E-state index < -0.39 is 18.2 Å². The molecule has 1 N–H and O–H groups in total. The van der Waals surface area contributed by atoms with Gasteiger partial charge in [0.1, 0.15) is 5.75 Å². The molecule has 1 aliphatic carbocycles. The van der Waals surface area contributed by atoms with E-state index in [4.69, 9.17) is 9.47 Å². The summed E-state index contributed by atoms with van der Waals surface area (Å²) in [4.78, 5) is 39.1. The van der Waals surface area contributed by atoms with Crippen molar-refractivity contribution in [2.24, 2.45) is 0 Å². The normalized spacial score (nSPS) is 18.8. The van der Waals surface area contributed by atoms with Gasteiger partial charge in [0.15, 0.2) is 0 Å². The molecular weight excluding hydrogens is 372 g/mol. The SMILES string of the molecule is CC(=O)N1C[C@@H](C(=O)O[C@H](C(=O)NC2CC2)c2ccccc2)Oc2ccccc21. The Morgan fingerprint density at radius 3 is 2.45 bits per heavy atom. The zero-order valence-electron chi connectivity index (χ0n) is 16.0. The van der Waals surface area contributed by atoms with Crippen molar-refractivity contribution < 1.29 is 23.9 Å². The predicted molar refractivity (Wildman–Crippen MR) is 105 cm³/mol. The zero-order chi connectivity index (χ0) is 20.4. The molecule has 0 spiro atoms. The van der Waals surface area contributed by atoms with Gasteiger partial charge in [0.05, 0.1) is 12.2 Å². The van der Waals surface area contributed by atoms with Crippen LogP contribution in [-0.2, 0) is 19.1 Å². The lowest BCUT2D eigenvalue weighted by Gasteiger charge is -2.33. The van der Waals surface area contributed by atoms with E-state index in [0.717, 1.165) is 12.8 Å². The van der Waals surface area contributed by atoms with Crippen LogP contribution in [0.1, 0.15) is 31.4 Å². The third-order valence-corrected chi connectivity index (χ3v) is 4.91. The second-order valence-electron chi connectivity index (χ2n) is 7.21. The van der Waals surface area contributed by atoms with Crippen LogP contribution in [0.25, 0.3) is 0 Å². The molecule has 1 fully saturated rings. The number of nitrogens with zero attached hydrogens (tertiary/aromatic N) is 1. The van der Waals surface area contributed by atoms with Crippen molar-refractivity contribution in [2.75, 3.05) is 11.4 Å². The van der Waals surface area contributed by atoms with Crippen molar-refractivity contribution in [3.8, 4) is 5.75 Å². The van der Waals surface area contributed by atoms with E-state index in [0.29, 0.717) is 17.0 Å². The maximum atomic E-state index is 12.9. The first-order valence-corrected chi connectivity index (χ1v) is 9.62. The summed E-state index contributed by atoms with van der Waals surface area (Å²) in [5.41, 5.74) is 1.19. The average Bonchev–Trinajstić information content (AvgIpc) is 3.55. The van der Waals surface area contributed by atoms with Crippen molar-refractivity contribution in [1.82, 2.24) is 5.32 Å². The highest BCUT2D eigenvalue weighted by molar-refractivity contribution is 5.95. The lowest BCUT2D eigenvalue weighted by molar-refractivity contribution is -0.163. The molecule has 2 aromatic carbocycles. The Labute approximate surface area is 168 Å². The minimum Gasteiger partial charge on any atom is -0.475 e. The maximum Gasteiger partial charge on any atom is 0.350 e. The molecule has 1 aliphatic heterocycles. The zero-order valence-corrected chi connectivity index (χ0v) is 16.0. The van der Waals surface area contributed by atoms with Crippen molar-refractivity contribution in [1.29, 1.82) is 0 Å². The monoisotopic (exact) mass is 394 g/mol. The van der Waals surface area contributed by atoms with Gasteiger partial charge in [0.25, 0.3) is 5.91 Å². The van der Waals surface area contributed by atoms with Crippen LogP contribution in [0.5, 0.6) is 5.75 Å². The van der Waals surface area contributed by atoms with E-state index in [9.17, 15) is 14.4 Å². The van der Waals surface area contributed by atoms with Crippen LogP contribution in [-0.4, -0.2) is 36.5 Å². The molecule has 2 amide bonds. The highest BCUT2D eigenvalue weighted by atomic mass is 16.6. The summed E-state index contributed by atoms with van der Waals surface area (Å²) in [6.45, 7) is 1.46. The fourth-order valence-corrected chi connectivity index (χ4v) is 3.25. The summed E-state index contributed by atoms with van der Waals surface area (Å²) in [7, 11) is 0. The van der Waals surface area contributed by atoms with E-state index in [2.05, 4.69) is 5.32 Å². The Morgan fingerprint density at radius 1 is 1.07 bits per heavy atom. The van der Waals surface area contributed by atoms with Gasteiger partial charge in [-0.05, 0) is 25.0 Å². The standard InChI is InChI=1S/C22H22N2O5/c1-14(25)24-13-19(28-18-10-6-5-9-17(18)24)22(27)29-20(15-7-3-2-4-8-15)21(26)23-16-11-12-16/h2-10,16,19-20H,11-13H2,1H3,(H,23,26)/t19-,20-/m0/s1. The lowest BCUT2D eigenvalue weighted by atomic mass is 10.1. The van der Waals surface area contributed by atoms with Crippen molar-refractivity contribution in [3.63, 3.8) is 0 Å². The molecule has 1 saturated carbocycles. The fourth-order valence-electron chi connectivity index (χ4n) is 3.25. The minimum absolute atomic E-state index is 0.0247. The van der Waals surface area contributed by atoms with Gasteiger partial charge in [-0.1, -0.05) is 42.5 Å². The molecule has 2 atom stereocenters. The third kappa shape index (κ3) is 4.23. The first-order chi connectivity index (χ1) is 14.0. The largest absolute Gasteiger partial charge is 0.475 e. The molecule has 2 aliphatic rings. The number of rotatable bonds is 5. The van der Waals surface area contributed by atoms with Crippen LogP contribution in [0.2, 0.25) is 0 Å². The van der Waals surface area contributed by atoms with Gasteiger partial charge in [0, 0.05) is 18.5 Å². The number of esters is 1. The molecule has 7 nitrogen and oxygen atoms in total. The molecule has 150 valence electrons. The Morgan fingerprint density at radius 2 is 1.76 bits per heavy atom. The van der Waals surface area contributed by atoms with E-state index in [1.807, 2.05) is 6.07 Å². The molecule has 0 bridgehead atoms. The highest BCUT2D eigenvalue weighted by Gasteiger charge is 2.37. The number of ether oxygens (including phenoxy) is 2. The molecule has 2 aromatic rings. The molecule has 0 aromatic heterocycles. The van der Waals surface area contributed by atoms with Crippen LogP contribution in [0.3, 0.4) is 0 Å². The van der Waals surface area contributed by atoms with Gasteiger partial charge in [-0.15, -0.1) is 0 Å². The number of carbonyl (C=O) groups is 3. The van der Waals surface area contributed by atoms with E-state index in [1.54, 1.807) is 48.5 Å². The first kappa shape index (κ1) is 19.0. The summed E-state index contributed by atoms with van der Waals surface area (Å²) in [6.07, 6.45) is -0.237. The highest BCUT2D eigenvalue weighted by Crippen LogP contribution is 2.34. The van der Waals surface area contributed by atoms with Crippen molar-refractivity contribution in [3.05, 3.63) is 60.2 Å². The Kier molecular flexibility index (Phi) is 5.20. The summed E-state index contributed by atoms with van der Waals surface area (Å²) >= 11 is 0. The number of nitrogens with one attached hydrogen (secondary N) is 1. The average molecular weight is 394 g/mol. The second kappa shape index (κ2) is 7.95. The number of carbonyl (C=O) groups excluding carboxylic acids is 3. The minimum atomic E-state index is -1.07. The summed E-state index contributed by atoms with van der Waals surface area (Å²) in [5.74, 6) is -0.823. The smallest absolute Gasteiger partial charge is 0.350 e. The summed E-state index contributed by atoms with van der Waals surface area (Å²) < 4.78 is 11.4. The molecule has 7 heteroatoms. The number of fused-ring (bicyclic) bond motifs is 1. The van der Waals surface area contributed by atoms with Gasteiger partial charge in [-0.3, -0.25) is 9.59 Å². The predicted octanol–water partition coefficient (Wildman–Crippen LogP) is 2.36. The van der Waals surface area contributed by atoms with Crippen LogP contribution < -0.4 is 15.0 Å². The van der Waals surface area contributed by atoms with Crippen LogP contribution in [0.4, 0.5) is 5.69 Å². The summed E-state index contributed by atoms with van der Waals surface area (Å²) in [5, 5.41) is 2.88. The van der Waals surface area contributed by atoms with E-state index >= 15 is 0 Å². The van der Waals surface area contributed by atoms with Gasteiger partial charge in [0.2, 0.25) is 18.1 Å². The molecule has 0 saturated heterocycles. The number of anilines is 1. The van der Waals surface area contributed by atoms with Crippen LogP contribution in [0, 0.1) is 0 Å². The number of para-hydroxylation sites is 2. The lowest BCUT2D eigenvalue weighted by Crippen LogP contribution is -2.48. The van der Waals surface area contributed by atoms with Gasteiger partial charge in [-0.25, -0.2) is 4.79 Å². The van der Waals surface area contributed by atoms with Crippen LogP contribution >= 0.6 is 0 Å². The third-order valence-electron chi connectivity index (χ3n) is 4.91. The second-order valence-corrected chi connectivity index (χ2v) is 7.21. The molecule has 0 unspecified atom stereocenters. The Balaban J connectivity index is 1.54. The number of hydrogen-bond donors (Lipinski definition) is 1. The van der Waals surface area contributed by atoms with Crippen molar-refractivity contribution >= 4 is 23.5 Å². The number of benzene rings is 2.